The van der Waals surface area contributed by atoms with Crippen LogP contribution in [0, 0.1) is 23.2 Å². The zero-order valence-electron chi connectivity index (χ0n) is 14.7. The van der Waals surface area contributed by atoms with Gasteiger partial charge in [-0.1, -0.05) is 18.2 Å². The van der Waals surface area contributed by atoms with Gasteiger partial charge in [-0.2, -0.15) is 0 Å². The molecule has 4 heteroatoms. The third-order valence-corrected chi connectivity index (χ3v) is 8.32. The van der Waals surface area contributed by atoms with E-state index in [4.69, 9.17) is 0 Å². The summed E-state index contributed by atoms with van der Waals surface area (Å²) in [4.78, 5) is 2.74. The molecule has 4 fully saturated rings. The lowest BCUT2D eigenvalue weighted by molar-refractivity contribution is -0.0655. The van der Waals surface area contributed by atoms with Gasteiger partial charge < -0.3 is 4.90 Å². The van der Waals surface area contributed by atoms with Crippen molar-refractivity contribution in [2.45, 2.75) is 43.4 Å². The van der Waals surface area contributed by atoms with Crippen LogP contribution in [0.15, 0.2) is 35.2 Å². The number of nitrogens with zero attached hydrogens (tertiary/aromatic N) is 1. The first kappa shape index (κ1) is 16.6. The minimum Gasteiger partial charge on any atom is -0.305 e. The van der Waals surface area contributed by atoms with Gasteiger partial charge in [0.1, 0.15) is 0 Å². The molecule has 3 nitrogen and oxygen atoms in total. The van der Waals surface area contributed by atoms with Gasteiger partial charge in [0.05, 0.1) is 10.6 Å². The largest absolute Gasteiger partial charge is 0.305 e. The first-order valence-corrected chi connectivity index (χ1v) is 11.1. The Labute approximate surface area is 146 Å². The molecule has 4 aliphatic carbocycles. The van der Waals surface area contributed by atoms with Crippen LogP contribution in [-0.2, 0) is 9.84 Å². The fourth-order valence-electron chi connectivity index (χ4n) is 6.16. The predicted molar refractivity (Wildman–Crippen MR) is 96.6 cm³/mol. The van der Waals surface area contributed by atoms with Crippen molar-refractivity contribution in [3.05, 3.63) is 30.3 Å². The van der Waals surface area contributed by atoms with Gasteiger partial charge in [-0.15, -0.1) is 0 Å². The van der Waals surface area contributed by atoms with Crippen LogP contribution in [0.5, 0.6) is 0 Å². The van der Waals surface area contributed by atoms with E-state index in [-0.39, 0.29) is 5.75 Å². The summed E-state index contributed by atoms with van der Waals surface area (Å²) in [6.45, 7) is 1.72. The number of sulfone groups is 1. The summed E-state index contributed by atoms with van der Waals surface area (Å²) in [5, 5.41) is 0. The first-order chi connectivity index (χ1) is 11.4. The fourth-order valence-corrected chi connectivity index (χ4v) is 7.52. The third kappa shape index (κ3) is 3.28. The molecule has 0 aliphatic heterocycles. The van der Waals surface area contributed by atoms with Gasteiger partial charge in [-0.05, 0) is 80.9 Å². The molecule has 0 radical (unpaired) electrons. The summed E-state index contributed by atoms with van der Waals surface area (Å²) >= 11 is 0. The molecular weight excluding hydrogens is 318 g/mol. The lowest BCUT2D eigenvalue weighted by atomic mass is 9.49. The second-order valence-electron chi connectivity index (χ2n) is 8.79. The zero-order chi connectivity index (χ0) is 16.8. The van der Waals surface area contributed by atoms with E-state index in [0.717, 1.165) is 24.3 Å². The Hall–Kier alpha value is -0.870. The van der Waals surface area contributed by atoms with E-state index in [2.05, 4.69) is 11.9 Å². The summed E-state index contributed by atoms with van der Waals surface area (Å²) in [5.41, 5.74) is 0.486. The monoisotopic (exact) mass is 347 g/mol. The van der Waals surface area contributed by atoms with Crippen LogP contribution in [0.2, 0.25) is 0 Å². The van der Waals surface area contributed by atoms with Crippen molar-refractivity contribution >= 4 is 9.84 Å². The number of hydrogen-bond acceptors (Lipinski definition) is 3. The molecule has 0 atom stereocenters. The molecule has 1 aromatic rings. The molecule has 4 saturated carbocycles. The third-order valence-electron chi connectivity index (χ3n) is 6.61. The minimum absolute atomic E-state index is 0.222. The van der Waals surface area contributed by atoms with Crippen molar-refractivity contribution < 1.29 is 8.42 Å². The summed E-state index contributed by atoms with van der Waals surface area (Å²) in [6, 6.07) is 8.86. The van der Waals surface area contributed by atoms with Gasteiger partial charge in [0.15, 0.2) is 9.84 Å². The van der Waals surface area contributed by atoms with Crippen LogP contribution in [0.3, 0.4) is 0 Å². The molecule has 1 aromatic carbocycles. The maximum absolute atomic E-state index is 12.5. The summed E-state index contributed by atoms with van der Waals surface area (Å²) in [5.74, 6) is 3.09. The Balaban J connectivity index is 1.37. The molecule has 4 aliphatic rings. The average Bonchev–Trinajstić information content (AvgIpc) is 2.52. The van der Waals surface area contributed by atoms with Crippen molar-refractivity contribution in [3.63, 3.8) is 0 Å². The standard InChI is InChI=1S/C20H29NO2S/c1-21(7-8-24(22,23)19-5-3-2-4-6-19)15-20-12-16-9-17(13-20)11-18(10-16)14-20/h2-6,16-18H,7-15H2,1H3. The Kier molecular flexibility index (Phi) is 4.24. The smallest absolute Gasteiger partial charge is 0.179 e. The highest BCUT2D eigenvalue weighted by atomic mass is 32.2. The molecule has 0 N–H and O–H groups in total. The molecule has 4 bridgehead atoms. The SMILES string of the molecule is CN(CCS(=O)(=O)c1ccccc1)CC12CC3CC(CC(C3)C1)C2. The molecular formula is C20H29NO2S. The van der Waals surface area contributed by atoms with Gasteiger partial charge in [0, 0.05) is 13.1 Å². The van der Waals surface area contributed by atoms with Gasteiger partial charge in [-0.25, -0.2) is 8.42 Å². The predicted octanol–water partition coefficient (Wildman–Crippen LogP) is 3.61. The van der Waals surface area contributed by atoms with E-state index in [1.807, 2.05) is 6.07 Å². The highest BCUT2D eigenvalue weighted by Gasteiger charge is 2.50. The molecule has 0 heterocycles. The van der Waals surface area contributed by atoms with Crippen molar-refractivity contribution in [2.24, 2.45) is 23.2 Å². The Morgan fingerprint density at radius 2 is 1.54 bits per heavy atom. The van der Waals surface area contributed by atoms with E-state index in [0.29, 0.717) is 16.9 Å². The molecule has 24 heavy (non-hydrogen) atoms. The average molecular weight is 348 g/mol. The van der Waals surface area contributed by atoms with Gasteiger partial charge in [0.25, 0.3) is 0 Å². The lowest BCUT2D eigenvalue weighted by Crippen LogP contribution is -2.51. The van der Waals surface area contributed by atoms with Crippen LogP contribution in [0.4, 0.5) is 0 Å². The summed E-state index contributed by atoms with van der Waals surface area (Å²) in [6.07, 6.45) is 8.54. The maximum atomic E-state index is 12.5. The van der Waals surface area contributed by atoms with Crippen molar-refractivity contribution in [3.8, 4) is 0 Å². The molecule has 0 aromatic heterocycles. The van der Waals surface area contributed by atoms with Crippen molar-refractivity contribution in [2.75, 3.05) is 25.9 Å². The Morgan fingerprint density at radius 3 is 2.08 bits per heavy atom. The normalized spacial score (nSPS) is 34.8. The fraction of sp³-hybridized carbons (Fsp3) is 0.700. The quantitative estimate of drug-likeness (QED) is 0.789. The molecule has 0 saturated heterocycles. The van der Waals surface area contributed by atoms with E-state index >= 15 is 0 Å². The minimum atomic E-state index is -3.16. The number of rotatable bonds is 6. The molecule has 132 valence electrons. The second-order valence-corrected chi connectivity index (χ2v) is 10.9. The lowest BCUT2D eigenvalue weighted by Gasteiger charge is -2.57. The highest BCUT2D eigenvalue weighted by molar-refractivity contribution is 7.91. The maximum Gasteiger partial charge on any atom is 0.179 e. The van der Waals surface area contributed by atoms with Crippen LogP contribution < -0.4 is 0 Å². The van der Waals surface area contributed by atoms with E-state index in [1.165, 1.54) is 38.5 Å². The van der Waals surface area contributed by atoms with Gasteiger partial charge >= 0.3 is 0 Å². The van der Waals surface area contributed by atoms with Crippen LogP contribution in [0.1, 0.15) is 38.5 Å². The highest BCUT2D eigenvalue weighted by Crippen LogP contribution is 2.60. The Morgan fingerprint density at radius 1 is 1.00 bits per heavy atom. The molecule has 0 unspecified atom stereocenters. The molecule has 5 rings (SSSR count). The van der Waals surface area contributed by atoms with E-state index in [1.54, 1.807) is 24.3 Å². The summed E-state index contributed by atoms with van der Waals surface area (Å²) in [7, 11) is -1.05. The summed E-state index contributed by atoms with van der Waals surface area (Å²) < 4.78 is 24.9. The van der Waals surface area contributed by atoms with Crippen molar-refractivity contribution in [1.29, 1.82) is 0 Å². The topological polar surface area (TPSA) is 37.4 Å². The van der Waals surface area contributed by atoms with E-state index in [9.17, 15) is 8.42 Å². The van der Waals surface area contributed by atoms with E-state index < -0.39 is 9.84 Å². The zero-order valence-corrected chi connectivity index (χ0v) is 15.5. The number of hydrogen-bond donors (Lipinski definition) is 0. The van der Waals surface area contributed by atoms with Crippen LogP contribution in [-0.4, -0.2) is 39.2 Å². The Bertz CT molecular complexity index is 648. The number of benzene rings is 1. The molecule has 0 amide bonds. The van der Waals surface area contributed by atoms with Gasteiger partial charge in [0.2, 0.25) is 0 Å². The molecule has 0 spiro atoms. The van der Waals surface area contributed by atoms with Crippen LogP contribution >= 0.6 is 0 Å². The first-order valence-electron chi connectivity index (χ1n) is 9.40. The van der Waals surface area contributed by atoms with Crippen molar-refractivity contribution in [1.82, 2.24) is 4.90 Å². The van der Waals surface area contributed by atoms with Gasteiger partial charge in [-0.3, -0.25) is 0 Å². The van der Waals surface area contributed by atoms with Crippen LogP contribution in [0.25, 0.3) is 0 Å². The second kappa shape index (κ2) is 6.14.